The van der Waals surface area contributed by atoms with E-state index in [1.807, 2.05) is 36.4 Å². The Bertz CT molecular complexity index is 1180. The van der Waals surface area contributed by atoms with Crippen molar-refractivity contribution in [1.29, 1.82) is 0 Å². The number of halogens is 1. The summed E-state index contributed by atoms with van der Waals surface area (Å²) < 4.78 is 0. The third-order valence-electron chi connectivity index (χ3n) is 5.13. The lowest BCUT2D eigenvalue weighted by atomic mass is 9.99. The highest BCUT2D eigenvalue weighted by Crippen LogP contribution is 2.32. The maximum Gasteiger partial charge on any atom is 0.270 e. The van der Waals surface area contributed by atoms with Crippen molar-refractivity contribution in [2.24, 2.45) is 0 Å². The monoisotopic (exact) mass is 435 g/mol. The molecule has 3 aromatic rings. The van der Waals surface area contributed by atoms with Crippen LogP contribution in [0.15, 0.2) is 66.7 Å². The van der Waals surface area contributed by atoms with E-state index in [1.165, 1.54) is 12.1 Å². The maximum atomic E-state index is 12.7. The lowest BCUT2D eigenvalue weighted by Gasteiger charge is -2.30. The van der Waals surface area contributed by atoms with Gasteiger partial charge in [0.1, 0.15) is 0 Å². The van der Waals surface area contributed by atoms with Crippen LogP contribution in [0.3, 0.4) is 0 Å². The summed E-state index contributed by atoms with van der Waals surface area (Å²) in [4.78, 5) is 37.3. The molecule has 0 unspecified atom stereocenters. The number of nitro groups is 1. The summed E-state index contributed by atoms with van der Waals surface area (Å²) in [5.74, 6) is -0.488. The lowest BCUT2D eigenvalue weighted by molar-refractivity contribution is -0.384. The summed E-state index contributed by atoms with van der Waals surface area (Å²) in [6, 6.07) is 18.8. The Morgan fingerprint density at radius 3 is 2.58 bits per heavy atom. The summed E-state index contributed by atoms with van der Waals surface area (Å²) >= 11 is 6.06. The standard InChI is InChI=1S/C23H18ClN3O4/c24-20-9-8-18(27(30)31)13-19(20)23(29)25-17-7-10-21-16(12-17)6-11-22(28)26(21)14-15-4-2-1-3-5-15/h1-5,7-10,12-13H,6,11,14H2,(H,25,29). The van der Waals surface area contributed by atoms with E-state index in [1.54, 1.807) is 17.0 Å². The fourth-order valence-electron chi connectivity index (χ4n) is 3.58. The average Bonchev–Trinajstić information content (AvgIpc) is 2.76. The molecule has 8 heteroatoms. The van der Waals surface area contributed by atoms with Gasteiger partial charge in [-0.25, -0.2) is 0 Å². The largest absolute Gasteiger partial charge is 0.322 e. The zero-order valence-electron chi connectivity index (χ0n) is 16.4. The van der Waals surface area contributed by atoms with Crippen LogP contribution in [0.4, 0.5) is 17.1 Å². The van der Waals surface area contributed by atoms with Crippen molar-refractivity contribution in [2.45, 2.75) is 19.4 Å². The van der Waals surface area contributed by atoms with Crippen LogP contribution in [-0.2, 0) is 17.8 Å². The number of anilines is 2. The first-order valence-electron chi connectivity index (χ1n) is 9.65. The SMILES string of the molecule is O=C(Nc1ccc2c(c1)CCC(=O)N2Cc1ccccc1)c1cc([N+](=O)[O-])ccc1Cl. The van der Waals surface area contributed by atoms with Crippen LogP contribution in [0.5, 0.6) is 0 Å². The minimum absolute atomic E-state index is 0.0227. The molecular weight excluding hydrogens is 418 g/mol. The number of non-ortho nitro benzene ring substituents is 1. The predicted octanol–water partition coefficient (Wildman–Crippen LogP) is 4.98. The molecule has 1 N–H and O–H groups in total. The number of carbonyl (C=O) groups is 2. The van der Waals surface area contributed by atoms with Gasteiger partial charge in [-0.3, -0.25) is 19.7 Å². The molecule has 156 valence electrons. The van der Waals surface area contributed by atoms with Crippen molar-refractivity contribution in [3.8, 4) is 0 Å². The van der Waals surface area contributed by atoms with Crippen molar-refractivity contribution >= 4 is 40.5 Å². The van der Waals surface area contributed by atoms with Gasteiger partial charge in [0.15, 0.2) is 0 Å². The molecule has 0 spiro atoms. The molecule has 0 fully saturated rings. The Morgan fingerprint density at radius 1 is 1.06 bits per heavy atom. The quantitative estimate of drug-likeness (QED) is 0.451. The second kappa shape index (κ2) is 8.57. The fraction of sp³-hybridized carbons (Fsp3) is 0.130. The number of carbonyl (C=O) groups excluding carboxylic acids is 2. The fourth-order valence-corrected chi connectivity index (χ4v) is 3.78. The van der Waals surface area contributed by atoms with Gasteiger partial charge in [0.2, 0.25) is 5.91 Å². The van der Waals surface area contributed by atoms with Gasteiger partial charge in [-0.15, -0.1) is 0 Å². The zero-order valence-corrected chi connectivity index (χ0v) is 17.1. The molecule has 0 aliphatic carbocycles. The van der Waals surface area contributed by atoms with Crippen LogP contribution >= 0.6 is 11.6 Å². The number of benzene rings is 3. The van der Waals surface area contributed by atoms with Gasteiger partial charge in [0.05, 0.1) is 22.1 Å². The second-order valence-corrected chi connectivity index (χ2v) is 7.59. The lowest BCUT2D eigenvalue weighted by Crippen LogP contribution is -2.34. The molecule has 2 amide bonds. The summed E-state index contributed by atoms with van der Waals surface area (Å²) in [5, 5.41) is 13.9. The van der Waals surface area contributed by atoms with Crippen LogP contribution in [0, 0.1) is 10.1 Å². The molecule has 4 rings (SSSR count). The molecule has 7 nitrogen and oxygen atoms in total. The van der Waals surface area contributed by atoms with E-state index >= 15 is 0 Å². The van der Waals surface area contributed by atoms with Crippen molar-refractivity contribution in [3.63, 3.8) is 0 Å². The predicted molar refractivity (Wildman–Crippen MR) is 118 cm³/mol. The highest BCUT2D eigenvalue weighted by atomic mass is 35.5. The van der Waals surface area contributed by atoms with Crippen LogP contribution in [0.1, 0.15) is 27.9 Å². The number of nitrogens with one attached hydrogen (secondary N) is 1. The van der Waals surface area contributed by atoms with Crippen LogP contribution in [-0.4, -0.2) is 16.7 Å². The van der Waals surface area contributed by atoms with Gasteiger partial charge in [-0.1, -0.05) is 41.9 Å². The molecule has 31 heavy (non-hydrogen) atoms. The molecule has 0 aromatic heterocycles. The molecule has 0 saturated heterocycles. The number of hydrogen-bond acceptors (Lipinski definition) is 4. The number of nitro benzene ring substituents is 1. The van der Waals surface area contributed by atoms with E-state index in [9.17, 15) is 19.7 Å². The Hall–Kier alpha value is -3.71. The van der Waals surface area contributed by atoms with Gasteiger partial charge in [0, 0.05) is 29.9 Å². The molecule has 1 heterocycles. The van der Waals surface area contributed by atoms with Gasteiger partial charge in [-0.05, 0) is 41.8 Å². The number of rotatable bonds is 5. The zero-order chi connectivity index (χ0) is 22.0. The van der Waals surface area contributed by atoms with Crippen molar-refractivity contribution < 1.29 is 14.5 Å². The normalized spacial score (nSPS) is 12.9. The van der Waals surface area contributed by atoms with Gasteiger partial charge in [-0.2, -0.15) is 0 Å². The highest BCUT2D eigenvalue weighted by Gasteiger charge is 2.25. The second-order valence-electron chi connectivity index (χ2n) is 7.18. The van der Waals surface area contributed by atoms with Gasteiger partial charge < -0.3 is 10.2 Å². The van der Waals surface area contributed by atoms with Crippen LogP contribution in [0.25, 0.3) is 0 Å². The first kappa shape index (κ1) is 20.6. The van der Waals surface area contributed by atoms with Crippen molar-refractivity contribution in [3.05, 3.63) is 98.6 Å². The van der Waals surface area contributed by atoms with E-state index in [2.05, 4.69) is 5.32 Å². The van der Waals surface area contributed by atoms with E-state index in [4.69, 9.17) is 11.6 Å². The van der Waals surface area contributed by atoms with E-state index in [0.29, 0.717) is 25.1 Å². The van der Waals surface area contributed by atoms with Crippen LogP contribution < -0.4 is 10.2 Å². The Balaban J connectivity index is 1.57. The summed E-state index contributed by atoms with van der Waals surface area (Å²) in [7, 11) is 0. The van der Waals surface area contributed by atoms with Gasteiger partial charge >= 0.3 is 0 Å². The molecular formula is C23H18ClN3O4. The van der Waals surface area contributed by atoms with Gasteiger partial charge in [0.25, 0.3) is 11.6 Å². The van der Waals surface area contributed by atoms with Crippen molar-refractivity contribution in [2.75, 3.05) is 10.2 Å². The summed E-state index contributed by atoms with van der Waals surface area (Å²) in [5.41, 5.74) is 3.12. The molecule has 0 bridgehead atoms. The van der Waals surface area contributed by atoms with Crippen LogP contribution in [0.2, 0.25) is 5.02 Å². The molecule has 1 aliphatic rings. The van der Waals surface area contributed by atoms with E-state index in [-0.39, 0.29) is 22.2 Å². The molecule has 0 radical (unpaired) electrons. The summed E-state index contributed by atoms with van der Waals surface area (Å²) in [6.07, 6.45) is 0.953. The highest BCUT2D eigenvalue weighted by molar-refractivity contribution is 6.34. The molecule has 3 aromatic carbocycles. The van der Waals surface area contributed by atoms with Crippen molar-refractivity contribution in [1.82, 2.24) is 0 Å². The number of nitrogens with zero attached hydrogens (tertiary/aromatic N) is 2. The summed E-state index contributed by atoms with van der Waals surface area (Å²) in [6.45, 7) is 0.474. The number of aryl methyl sites for hydroxylation is 1. The third kappa shape index (κ3) is 4.41. The smallest absolute Gasteiger partial charge is 0.270 e. The maximum absolute atomic E-state index is 12.7. The third-order valence-corrected chi connectivity index (χ3v) is 5.46. The minimum Gasteiger partial charge on any atom is -0.322 e. The minimum atomic E-state index is -0.579. The Kier molecular flexibility index (Phi) is 5.68. The number of fused-ring (bicyclic) bond motifs is 1. The molecule has 1 aliphatic heterocycles. The molecule has 0 saturated carbocycles. The topological polar surface area (TPSA) is 92.6 Å². The number of amides is 2. The first-order valence-corrected chi connectivity index (χ1v) is 10.0. The first-order chi connectivity index (χ1) is 14.9. The Morgan fingerprint density at radius 2 is 1.84 bits per heavy atom. The average molecular weight is 436 g/mol. The Labute approximate surface area is 183 Å². The molecule has 0 atom stereocenters. The van der Waals surface area contributed by atoms with E-state index < -0.39 is 10.8 Å². The number of hydrogen-bond donors (Lipinski definition) is 1. The van der Waals surface area contributed by atoms with E-state index in [0.717, 1.165) is 22.9 Å².